The molecule has 0 spiro atoms. The molecule has 132 valence electrons. The van der Waals surface area contributed by atoms with Crippen molar-refractivity contribution in [3.05, 3.63) is 75.8 Å². The fraction of sp³-hybridized carbons (Fsp3) is 0.100. The predicted octanol–water partition coefficient (Wildman–Crippen LogP) is 5.11. The maximum absolute atomic E-state index is 12.5. The largest absolute Gasteiger partial charge is 0.465 e. The number of halogens is 2. The highest BCUT2D eigenvalue weighted by atomic mass is 35.5. The fourth-order valence-corrected chi connectivity index (χ4v) is 3.35. The third kappa shape index (κ3) is 3.98. The van der Waals surface area contributed by atoms with Crippen molar-refractivity contribution in [3.8, 4) is 0 Å². The van der Waals surface area contributed by atoms with Gasteiger partial charge in [0.25, 0.3) is 0 Å². The smallest absolute Gasteiger partial charge is 0.337 e. The molecule has 0 aromatic heterocycles. The van der Waals surface area contributed by atoms with E-state index in [1.165, 1.54) is 7.11 Å². The van der Waals surface area contributed by atoms with Crippen LogP contribution < -0.4 is 5.32 Å². The lowest BCUT2D eigenvalue weighted by Crippen LogP contribution is -2.15. The molecule has 0 fully saturated rings. The molecule has 0 bridgehead atoms. The molecule has 3 aromatic carbocycles. The van der Waals surface area contributed by atoms with Crippen LogP contribution in [0, 0.1) is 0 Å². The second kappa shape index (κ2) is 7.77. The van der Waals surface area contributed by atoms with Crippen LogP contribution in [0.15, 0.2) is 54.6 Å². The van der Waals surface area contributed by atoms with Crippen molar-refractivity contribution in [1.29, 1.82) is 0 Å². The monoisotopic (exact) mass is 387 g/mol. The first-order valence-electron chi connectivity index (χ1n) is 7.83. The molecule has 0 atom stereocenters. The summed E-state index contributed by atoms with van der Waals surface area (Å²) in [6.45, 7) is 0. The molecule has 6 heteroatoms. The van der Waals surface area contributed by atoms with Gasteiger partial charge in [0.1, 0.15) is 0 Å². The highest BCUT2D eigenvalue weighted by Crippen LogP contribution is 2.35. The number of amides is 1. The summed E-state index contributed by atoms with van der Waals surface area (Å²) in [5, 5.41) is 4.92. The van der Waals surface area contributed by atoms with Gasteiger partial charge in [-0.2, -0.15) is 0 Å². The van der Waals surface area contributed by atoms with Gasteiger partial charge in [-0.05, 0) is 35.2 Å². The highest BCUT2D eigenvalue weighted by Gasteiger charge is 2.15. The molecule has 0 radical (unpaired) electrons. The van der Waals surface area contributed by atoms with Gasteiger partial charge in [-0.15, -0.1) is 0 Å². The van der Waals surface area contributed by atoms with Crippen LogP contribution in [0.3, 0.4) is 0 Å². The molecule has 0 saturated heterocycles. The van der Waals surface area contributed by atoms with Crippen molar-refractivity contribution in [1.82, 2.24) is 0 Å². The Balaban J connectivity index is 2.02. The molecule has 0 aliphatic carbocycles. The minimum atomic E-state index is -0.512. The number of hydrogen-bond donors (Lipinski definition) is 1. The van der Waals surface area contributed by atoms with Crippen LogP contribution in [0.25, 0.3) is 10.8 Å². The standard InChI is InChI=1S/C20H15Cl2NO3/c1-26-20(25)14-8-13-9-15(21)11-16(22)19(13)17(10-14)23-18(24)7-12-5-3-2-4-6-12/h2-6,8-11H,7H2,1H3,(H,23,24). The van der Waals surface area contributed by atoms with Gasteiger partial charge < -0.3 is 10.1 Å². The zero-order valence-corrected chi connectivity index (χ0v) is 15.4. The summed E-state index contributed by atoms with van der Waals surface area (Å²) >= 11 is 12.4. The van der Waals surface area contributed by atoms with Crippen LogP contribution in [0.1, 0.15) is 15.9 Å². The van der Waals surface area contributed by atoms with Gasteiger partial charge in [0.05, 0.1) is 29.8 Å². The van der Waals surface area contributed by atoms with Gasteiger partial charge in [0.2, 0.25) is 5.91 Å². The van der Waals surface area contributed by atoms with Crippen LogP contribution in [0.4, 0.5) is 5.69 Å². The molecule has 1 amide bonds. The van der Waals surface area contributed by atoms with Crippen LogP contribution in [-0.2, 0) is 16.0 Å². The van der Waals surface area contributed by atoms with Gasteiger partial charge >= 0.3 is 5.97 Å². The molecule has 0 saturated carbocycles. The maximum atomic E-state index is 12.5. The molecular weight excluding hydrogens is 373 g/mol. The Morgan fingerprint density at radius 1 is 1.04 bits per heavy atom. The van der Waals surface area contributed by atoms with Crippen molar-refractivity contribution >= 4 is 51.5 Å². The van der Waals surface area contributed by atoms with E-state index in [4.69, 9.17) is 27.9 Å². The first kappa shape index (κ1) is 18.2. The molecule has 26 heavy (non-hydrogen) atoms. The van der Waals surface area contributed by atoms with Crippen molar-refractivity contribution in [3.63, 3.8) is 0 Å². The number of nitrogens with one attached hydrogen (secondary N) is 1. The normalized spacial score (nSPS) is 10.6. The minimum Gasteiger partial charge on any atom is -0.465 e. The summed E-state index contributed by atoms with van der Waals surface area (Å²) in [7, 11) is 1.30. The molecular formula is C20H15Cl2NO3. The van der Waals surface area contributed by atoms with Crippen molar-refractivity contribution < 1.29 is 14.3 Å². The topological polar surface area (TPSA) is 55.4 Å². The summed E-state index contributed by atoms with van der Waals surface area (Å²) in [5.41, 5.74) is 1.62. The number of esters is 1. The molecule has 4 nitrogen and oxygen atoms in total. The number of ether oxygens (including phenoxy) is 1. The van der Waals surface area contributed by atoms with E-state index in [2.05, 4.69) is 5.32 Å². The second-order valence-electron chi connectivity index (χ2n) is 5.71. The van der Waals surface area contributed by atoms with E-state index in [-0.39, 0.29) is 12.3 Å². The third-order valence-corrected chi connectivity index (χ3v) is 4.38. The Kier molecular flexibility index (Phi) is 5.45. The van der Waals surface area contributed by atoms with Crippen LogP contribution in [0.5, 0.6) is 0 Å². The Morgan fingerprint density at radius 2 is 1.77 bits per heavy atom. The quantitative estimate of drug-likeness (QED) is 0.632. The van der Waals surface area contributed by atoms with Gasteiger partial charge in [-0.3, -0.25) is 4.79 Å². The summed E-state index contributed by atoms with van der Waals surface area (Å²) < 4.78 is 4.78. The SMILES string of the molecule is COC(=O)c1cc(NC(=O)Cc2ccccc2)c2c(Cl)cc(Cl)cc2c1. The lowest BCUT2D eigenvalue weighted by Gasteiger charge is -2.13. The van der Waals surface area contributed by atoms with Crippen molar-refractivity contribution in [2.75, 3.05) is 12.4 Å². The average Bonchev–Trinajstić information content (AvgIpc) is 2.60. The van der Waals surface area contributed by atoms with Gasteiger partial charge in [-0.25, -0.2) is 4.79 Å². The minimum absolute atomic E-state index is 0.204. The fourth-order valence-electron chi connectivity index (χ4n) is 2.74. The summed E-state index contributed by atoms with van der Waals surface area (Å²) in [5.74, 6) is -0.730. The van der Waals surface area contributed by atoms with E-state index in [9.17, 15) is 9.59 Å². The zero-order chi connectivity index (χ0) is 18.7. The van der Waals surface area contributed by atoms with Gasteiger partial charge in [0, 0.05) is 10.4 Å². The number of hydrogen-bond acceptors (Lipinski definition) is 3. The summed E-state index contributed by atoms with van der Waals surface area (Å²) in [4.78, 5) is 24.4. The Hall–Kier alpha value is -2.56. The molecule has 0 heterocycles. The molecule has 3 aromatic rings. The van der Waals surface area contributed by atoms with Crippen LogP contribution >= 0.6 is 23.2 Å². The van der Waals surface area contributed by atoms with Crippen LogP contribution in [-0.4, -0.2) is 19.0 Å². The predicted molar refractivity (Wildman–Crippen MR) is 104 cm³/mol. The third-order valence-electron chi connectivity index (χ3n) is 3.87. The maximum Gasteiger partial charge on any atom is 0.337 e. The van der Waals surface area contributed by atoms with Crippen molar-refractivity contribution in [2.24, 2.45) is 0 Å². The number of rotatable bonds is 4. The Morgan fingerprint density at radius 3 is 2.46 bits per heavy atom. The lowest BCUT2D eigenvalue weighted by molar-refractivity contribution is -0.115. The highest BCUT2D eigenvalue weighted by molar-refractivity contribution is 6.40. The van der Waals surface area contributed by atoms with E-state index in [0.29, 0.717) is 32.1 Å². The van der Waals surface area contributed by atoms with Crippen LogP contribution in [0.2, 0.25) is 10.0 Å². The first-order valence-corrected chi connectivity index (χ1v) is 8.58. The molecule has 0 unspecified atom stereocenters. The molecule has 3 rings (SSSR count). The molecule has 1 N–H and O–H groups in total. The van der Waals surface area contributed by atoms with E-state index >= 15 is 0 Å². The van der Waals surface area contributed by atoms with E-state index in [0.717, 1.165) is 5.56 Å². The van der Waals surface area contributed by atoms with E-state index < -0.39 is 5.97 Å². The number of carbonyl (C=O) groups is 2. The Bertz CT molecular complexity index is 987. The number of fused-ring (bicyclic) bond motifs is 1. The zero-order valence-electron chi connectivity index (χ0n) is 13.9. The summed E-state index contributed by atoms with van der Waals surface area (Å²) in [6.07, 6.45) is 0.204. The van der Waals surface area contributed by atoms with Crippen molar-refractivity contribution in [2.45, 2.75) is 6.42 Å². The first-order chi connectivity index (χ1) is 12.5. The molecule has 0 aliphatic heterocycles. The van der Waals surface area contributed by atoms with Gasteiger partial charge in [-0.1, -0.05) is 53.5 Å². The number of methoxy groups -OCH3 is 1. The number of carbonyl (C=O) groups excluding carboxylic acids is 2. The van der Waals surface area contributed by atoms with Gasteiger partial charge in [0.15, 0.2) is 0 Å². The number of anilines is 1. The number of benzene rings is 3. The van der Waals surface area contributed by atoms with E-state index in [1.54, 1.807) is 24.3 Å². The lowest BCUT2D eigenvalue weighted by atomic mass is 10.0. The average molecular weight is 388 g/mol. The summed E-state index contributed by atoms with van der Waals surface area (Å²) in [6, 6.07) is 15.8. The Labute approximate surface area is 160 Å². The van der Waals surface area contributed by atoms with E-state index in [1.807, 2.05) is 30.3 Å². The molecule has 0 aliphatic rings. The second-order valence-corrected chi connectivity index (χ2v) is 6.56.